The first-order chi connectivity index (χ1) is 18.1. The van der Waals surface area contributed by atoms with Crippen LogP contribution in [0.15, 0.2) is 115 Å². The van der Waals surface area contributed by atoms with Crippen LogP contribution in [0.4, 0.5) is 0 Å². The number of benzene rings is 4. The fraction of sp³-hybridized carbons (Fsp3) is 0.222. The van der Waals surface area contributed by atoms with Crippen LogP contribution in [-0.4, -0.2) is 12.2 Å². The largest absolute Gasteiger partial charge is 0.147 e. The molecular formula is C36H40Cl2GeHf. The van der Waals surface area contributed by atoms with Crippen molar-refractivity contribution in [2.45, 2.75) is 37.1 Å². The van der Waals surface area contributed by atoms with Crippen LogP contribution in [0.2, 0.25) is 9.36 Å². The topological polar surface area (TPSA) is 0 Å². The van der Waals surface area contributed by atoms with Gasteiger partial charge < -0.3 is 0 Å². The summed E-state index contributed by atoms with van der Waals surface area (Å²) in [7, 11) is 0. The van der Waals surface area contributed by atoms with E-state index in [-0.39, 0.29) is 24.8 Å². The summed E-state index contributed by atoms with van der Waals surface area (Å²) in [5.74, 6) is 0.995. The molecule has 0 bridgehead atoms. The number of halogens is 2. The zero-order chi connectivity index (χ0) is 26.8. The predicted octanol–water partition coefficient (Wildman–Crippen LogP) is 10.5. The average Bonchev–Trinajstić information content (AvgIpc) is 3.37. The van der Waals surface area contributed by atoms with E-state index in [0.717, 1.165) is 0 Å². The van der Waals surface area contributed by atoms with Crippen molar-refractivity contribution in [1.29, 1.82) is 0 Å². The summed E-state index contributed by atoms with van der Waals surface area (Å²) >= 11 is -2.19. The van der Waals surface area contributed by atoms with E-state index in [1.807, 2.05) is 6.66 Å². The fourth-order valence-electron chi connectivity index (χ4n) is 8.20. The van der Waals surface area contributed by atoms with Gasteiger partial charge >= 0.3 is 235 Å². The van der Waals surface area contributed by atoms with E-state index in [1.54, 1.807) is 11.1 Å². The molecule has 4 aromatic rings. The van der Waals surface area contributed by atoms with Gasteiger partial charge in [-0.3, -0.25) is 0 Å². The van der Waals surface area contributed by atoms with Crippen LogP contribution in [0.3, 0.4) is 0 Å². The van der Waals surface area contributed by atoms with E-state index in [2.05, 4.69) is 134 Å². The van der Waals surface area contributed by atoms with Gasteiger partial charge in [0.2, 0.25) is 0 Å². The third-order valence-corrected chi connectivity index (χ3v) is 40.7. The minimum Gasteiger partial charge on any atom is -0.147 e. The van der Waals surface area contributed by atoms with Crippen molar-refractivity contribution in [3.8, 4) is 0 Å². The van der Waals surface area contributed by atoms with Crippen LogP contribution in [0, 0.1) is 11.8 Å². The van der Waals surface area contributed by atoms with E-state index >= 15 is 0 Å². The summed E-state index contributed by atoms with van der Waals surface area (Å²) < 4.78 is 9.14. The number of hydrogen-bond donors (Lipinski definition) is 0. The van der Waals surface area contributed by atoms with Crippen molar-refractivity contribution < 1.29 is 15.4 Å². The molecule has 0 aromatic heterocycles. The first-order valence-electron chi connectivity index (χ1n) is 14.0. The van der Waals surface area contributed by atoms with Crippen LogP contribution in [0.1, 0.15) is 38.8 Å². The molecule has 0 heterocycles. The summed E-state index contributed by atoms with van der Waals surface area (Å²) in [4.78, 5) is 0. The Morgan fingerprint density at radius 3 is 1.30 bits per heavy atom. The third kappa shape index (κ3) is 4.89. The van der Waals surface area contributed by atoms with Gasteiger partial charge in [-0.2, -0.15) is 0 Å². The average molecular weight is 795 g/mol. The molecule has 0 aliphatic heterocycles. The van der Waals surface area contributed by atoms with E-state index in [1.165, 1.54) is 56.0 Å². The number of hydrogen-bond acceptors (Lipinski definition) is 0. The Morgan fingerprint density at radius 2 is 0.900 bits per heavy atom. The molecule has 0 saturated carbocycles. The van der Waals surface area contributed by atoms with E-state index in [9.17, 15) is 0 Å². The SMILES string of the molecule is CC1=[C]([Hf]([CH3])([CH3])(=[GeH2])[C]2=C(C)C(c3cccc4ccccc34)=CC2C)C(C)C=C1c1cccc2ccccc12.Cl.Cl. The van der Waals surface area contributed by atoms with E-state index < -0.39 is 15.4 Å². The van der Waals surface area contributed by atoms with Gasteiger partial charge in [-0.15, -0.1) is 24.8 Å². The molecular weight excluding hydrogens is 754 g/mol. The van der Waals surface area contributed by atoms with Crippen molar-refractivity contribution in [2.75, 3.05) is 0 Å². The normalized spacial score (nSPS) is 19.5. The first kappa shape index (κ1) is 31.3. The van der Waals surface area contributed by atoms with Gasteiger partial charge in [0.1, 0.15) is 0 Å². The Hall–Kier alpha value is -1.65. The van der Waals surface area contributed by atoms with Crippen molar-refractivity contribution >= 4 is 69.7 Å². The monoisotopic (exact) mass is 796 g/mol. The number of allylic oxidation sites excluding steroid dienone is 8. The standard InChI is InChI=1S/2C17H15.2CH3.2ClH.GeH2.Hf/c2*1-12-10-13(2)17(11-12)16-9-5-7-14-6-3-4-8-15(14)16;;;;;;/h2*3-9,11-12H,1-2H3;2*1H3;2*1H;1H2;. The molecule has 4 aromatic carbocycles. The molecule has 0 amide bonds. The number of rotatable bonds is 4. The summed E-state index contributed by atoms with van der Waals surface area (Å²) in [5, 5.41) is 5.40. The van der Waals surface area contributed by atoms with Crippen LogP contribution in [0.25, 0.3) is 32.7 Å². The minimum absolute atomic E-state index is 0. The molecule has 2 aliphatic carbocycles. The quantitative estimate of drug-likeness (QED) is 0.181. The van der Waals surface area contributed by atoms with E-state index in [4.69, 9.17) is 0 Å². The van der Waals surface area contributed by atoms with Gasteiger partial charge in [0.05, 0.1) is 0 Å². The summed E-state index contributed by atoms with van der Waals surface area (Å²) in [6, 6.07) is 31.3. The molecule has 2 aliphatic rings. The first-order valence-corrected chi connectivity index (χ1v) is 39.4. The maximum absolute atomic E-state index is 3.59. The van der Waals surface area contributed by atoms with Crippen molar-refractivity contribution in [2.24, 2.45) is 11.8 Å². The van der Waals surface area contributed by atoms with Crippen LogP contribution in [0.5, 0.6) is 0 Å². The Labute approximate surface area is 257 Å². The van der Waals surface area contributed by atoms with Crippen LogP contribution < -0.4 is 0 Å². The molecule has 0 fully saturated rings. The van der Waals surface area contributed by atoms with Crippen molar-refractivity contribution in [3.05, 3.63) is 126 Å². The van der Waals surface area contributed by atoms with Crippen molar-refractivity contribution in [3.63, 3.8) is 0 Å². The molecule has 40 heavy (non-hydrogen) atoms. The molecule has 2 unspecified atom stereocenters. The smallest absolute Gasteiger partial charge is 0.147 e. The van der Waals surface area contributed by atoms with Gasteiger partial charge in [0.15, 0.2) is 0 Å². The Morgan fingerprint density at radius 1 is 0.550 bits per heavy atom. The second-order valence-corrected chi connectivity index (χ2v) is 72.2. The zero-order valence-corrected chi connectivity index (χ0v) is 32.6. The molecule has 0 N–H and O–H groups in total. The van der Waals surface area contributed by atoms with Gasteiger partial charge in [0, 0.05) is 0 Å². The van der Waals surface area contributed by atoms with Crippen LogP contribution >= 0.6 is 24.8 Å². The second kappa shape index (κ2) is 11.2. The molecule has 0 spiro atoms. The van der Waals surface area contributed by atoms with Crippen molar-refractivity contribution in [1.82, 2.24) is 0 Å². The summed E-state index contributed by atoms with van der Waals surface area (Å²) in [6.07, 6.45) is 5.17. The predicted molar refractivity (Wildman–Crippen MR) is 182 cm³/mol. The second-order valence-electron chi connectivity index (χ2n) is 12.6. The maximum atomic E-state index is 2.75. The maximum Gasteiger partial charge on any atom is -0.147 e. The Kier molecular flexibility index (Phi) is 8.77. The molecule has 0 radical (unpaired) electrons. The van der Waals surface area contributed by atoms with E-state index in [0.29, 0.717) is 11.8 Å². The molecule has 2 atom stereocenters. The van der Waals surface area contributed by atoms with Gasteiger partial charge in [-0.1, -0.05) is 0 Å². The molecule has 0 saturated heterocycles. The van der Waals surface area contributed by atoms with Gasteiger partial charge in [-0.25, -0.2) is 0 Å². The summed E-state index contributed by atoms with van der Waals surface area (Å²) in [6.45, 7) is 9.78. The Bertz CT molecular complexity index is 1710. The third-order valence-electron chi connectivity index (χ3n) is 9.25. The summed E-state index contributed by atoms with van der Waals surface area (Å²) in [5.41, 5.74) is 8.85. The molecule has 0 nitrogen and oxygen atoms in total. The molecule has 6 rings (SSSR count). The number of fused-ring (bicyclic) bond motifs is 2. The van der Waals surface area contributed by atoms with Crippen LogP contribution in [-0.2, 0) is 15.4 Å². The Balaban J connectivity index is 0.00000185. The molecule has 206 valence electrons. The zero-order valence-electron chi connectivity index (χ0n) is 24.4. The molecule has 4 heteroatoms. The minimum atomic E-state index is -3.59. The van der Waals surface area contributed by atoms with Gasteiger partial charge in [-0.05, 0) is 0 Å². The van der Waals surface area contributed by atoms with Gasteiger partial charge in [0.25, 0.3) is 0 Å². The fourth-order valence-corrected chi connectivity index (χ4v) is 50.1.